The molecule has 0 amide bonds. The summed E-state index contributed by atoms with van der Waals surface area (Å²) >= 11 is 3.18. The first-order valence-corrected chi connectivity index (χ1v) is 8.16. The van der Waals surface area contributed by atoms with Crippen molar-refractivity contribution in [2.24, 2.45) is 0 Å². The van der Waals surface area contributed by atoms with Crippen LogP contribution in [0.2, 0.25) is 0 Å². The normalized spacial score (nSPS) is 20.9. The van der Waals surface area contributed by atoms with E-state index in [1.807, 2.05) is 0 Å². The van der Waals surface area contributed by atoms with Gasteiger partial charge in [-0.3, -0.25) is 0 Å². The van der Waals surface area contributed by atoms with Gasteiger partial charge in [0.05, 0.1) is 0 Å². The van der Waals surface area contributed by atoms with Crippen LogP contribution in [-0.2, 0) is 10.0 Å². The van der Waals surface area contributed by atoms with Gasteiger partial charge < -0.3 is 0 Å². The highest BCUT2D eigenvalue weighted by Crippen LogP contribution is 2.30. The number of hydrogen-bond donors (Lipinski definition) is 0. The van der Waals surface area contributed by atoms with E-state index in [2.05, 4.69) is 15.9 Å². The summed E-state index contributed by atoms with van der Waals surface area (Å²) in [5.41, 5.74) is 0. The van der Waals surface area contributed by atoms with Crippen molar-refractivity contribution in [2.45, 2.75) is 23.8 Å². The molecule has 1 unspecified atom stereocenters. The summed E-state index contributed by atoms with van der Waals surface area (Å²) in [4.78, 5) is -1.08. The third-order valence-electron chi connectivity index (χ3n) is 3.03. The summed E-state index contributed by atoms with van der Waals surface area (Å²) in [6.07, 6.45) is 1.24. The van der Waals surface area contributed by atoms with Crippen LogP contribution in [0.1, 0.15) is 12.8 Å². The summed E-state index contributed by atoms with van der Waals surface area (Å²) < 4.78 is 65.6. The zero-order valence-electron chi connectivity index (χ0n) is 9.74. The van der Waals surface area contributed by atoms with Crippen LogP contribution in [0, 0.1) is 17.5 Å². The lowest BCUT2D eigenvalue weighted by Crippen LogP contribution is -2.37. The van der Waals surface area contributed by atoms with Crippen molar-refractivity contribution in [1.29, 1.82) is 0 Å². The number of rotatable bonds is 3. The molecule has 8 heteroatoms. The van der Waals surface area contributed by atoms with Crippen LogP contribution < -0.4 is 0 Å². The average molecular weight is 358 g/mol. The number of nitrogens with zero attached hydrogens (tertiary/aromatic N) is 1. The second-order valence-electron chi connectivity index (χ2n) is 4.26. The van der Waals surface area contributed by atoms with E-state index >= 15 is 0 Å². The maximum atomic E-state index is 13.6. The van der Waals surface area contributed by atoms with Crippen LogP contribution in [0.3, 0.4) is 0 Å². The van der Waals surface area contributed by atoms with Gasteiger partial charge in [-0.25, -0.2) is 21.6 Å². The number of hydrogen-bond acceptors (Lipinski definition) is 2. The smallest absolute Gasteiger partial charge is 0.207 e. The topological polar surface area (TPSA) is 37.4 Å². The Labute approximate surface area is 117 Å². The first-order chi connectivity index (χ1) is 8.87. The van der Waals surface area contributed by atoms with E-state index in [9.17, 15) is 21.6 Å². The molecule has 106 valence electrons. The zero-order chi connectivity index (χ0) is 14.2. The van der Waals surface area contributed by atoms with Gasteiger partial charge in [0, 0.05) is 30.0 Å². The van der Waals surface area contributed by atoms with E-state index in [1.165, 1.54) is 0 Å². The predicted octanol–water partition coefficient (Wildman–Crippen LogP) is 2.65. The lowest BCUT2D eigenvalue weighted by Gasteiger charge is -2.22. The largest absolute Gasteiger partial charge is 0.249 e. The van der Waals surface area contributed by atoms with Crippen LogP contribution in [0.15, 0.2) is 17.0 Å². The summed E-state index contributed by atoms with van der Waals surface area (Å²) in [7, 11) is -4.29. The van der Waals surface area contributed by atoms with Crippen molar-refractivity contribution in [1.82, 2.24) is 4.31 Å². The Kier molecular flexibility index (Phi) is 4.22. The third-order valence-corrected chi connectivity index (χ3v) is 5.78. The van der Waals surface area contributed by atoms with Crippen LogP contribution in [-0.4, -0.2) is 30.6 Å². The molecule has 1 aliphatic rings. The molecule has 1 fully saturated rings. The lowest BCUT2D eigenvalue weighted by molar-refractivity contribution is 0.403. The second kappa shape index (κ2) is 5.41. The number of benzene rings is 1. The highest BCUT2D eigenvalue weighted by Gasteiger charge is 2.38. The van der Waals surface area contributed by atoms with Gasteiger partial charge in [0.15, 0.2) is 4.90 Å². The fraction of sp³-hybridized carbons (Fsp3) is 0.455. The molecule has 3 nitrogen and oxygen atoms in total. The minimum Gasteiger partial charge on any atom is -0.207 e. The Hall–Kier alpha value is -0.600. The summed E-state index contributed by atoms with van der Waals surface area (Å²) in [5.74, 6) is -3.96. The monoisotopic (exact) mass is 357 g/mol. The molecule has 1 saturated heterocycles. The molecule has 0 aliphatic carbocycles. The molecule has 0 N–H and O–H groups in total. The van der Waals surface area contributed by atoms with E-state index < -0.39 is 32.4 Å². The van der Waals surface area contributed by atoms with Crippen LogP contribution in [0.4, 0.5) is 13.2 Å². The van der Waals surface area contributed by atoms with Gasteiger partial charge in [0.25, 0.3) is 0 Å². The molecule has 2 rings (SSSR count). The van der Waals surface area contributed by atoms with Crippen molar-refractivity contribution >= 4 is 26.0 Å². The van der Waals surface area contributed by atoms with E-state index in [1.54, 1.807) is 0 Å². The maximum absolute atomic E-state index is 13.6. The molecule has 1 atom stereocenters. The third kappa shape index (κ3) is 2.66. The molecule has 1 aromatic carbocycles. The highest BCUT2D eigenvalue weighted by molar-refractivity contribution is 9.09. The zero-order valence-corrected chi connectivity index (χ0v) is 12.1. The first kappa shape index (κ1) is 14.8. The summed E-state index contributed by atoms with van der Waals surface area (Å²) in [5, 5.41) is 0.386. The summed E-state index contributed by atoms with van der Waals surface area (Å²) in [6, 6.07) is 0.401. The predicted molar refractivity (Wildman–Crippen MR) is 67.0 cm³/mol. The Morgan fingerprint density at radius 3 is 2.37 bits per heavy atom. The minimum atomic E-state index is -4.29. The molecule has 0 aromatic heterocycles. The van der Waals surface area contributed by atoms with E-state index in [0.29, 0.717) is 30.3 Å². The van der Waals surface area contributed by atoms with Crippen LogP contribution >= 0.6 is 15.9 Å². The highest BCUT2D eigenvalue weighted by atomic mass is 79.9. The van der Waals surface area contributed by atoms with Crippen molar-refractivity contribution in [3.8, 4) is 0 Å². The van der Waals surface area contributed by atoms with Gasteiger partial charge in [-0.15, -0.1) is 0 Å². The van der Waals surface area contributed by atoms with E-state index in [-0.39, 0.29) is 12.6 Å². The van der Waals surface area contributed by atoms with Crippen LogP contribution in [0.5, 0.6) is 0 Å². The molecule has 0 spiro atoms. The number of sulfonamides is 1. The van der Waals surface area contributed by atoms with Crippen molar-refractivity contribution in [3.05, 3.63) is 29.6 Å². The molecule has 19 heavy (non-hydrogen) atoms. The Morgan fingerprint density at radius 2 is 1.84 bits per heavy atom. The first-order valence-electron chi connectivity index (χ1n) is 5.60. The lowest BCUT2D eigenvalue weighted by atomic mass is 10.3. The molecule has 1 aromatic rings. The van der Waals surface area contributed by atoms with Crippen molar-refractivity contribution in [2.75, 3.05) is 11.9 Å². The van der Waals surface area contributed by atoms with Gasteiger partial charge in [0.2, 0.25) is 10.0 Å². The van der Waals surface area contributed by atoms with Gasteiger partial charge in [-0.2, -0.15) is 4.31 Å². The Morgan fingerprint density at radius 1 is 1.26 bits per heavy atom. The van der Waals surface area contributed by atoms with Crippen molar-refractivity contribution in [3.63, 3.8) is 0 Å². The molecule has 1 aliphatic heterocycles. The standard InChI is InChI=1S/C11H11BrF3NO2S/c12-6-8-2-1-3-16(8)19(17,18)11-9(14)4-7(13)5-10(11)15/h4-5,8H,1-3,6H2. The van der Waals surface area contributed by atoms with Gasteiger partial charge >= 0.3 is 0 Å². The molecule has 0 bridgehead atoms. The number of halogens is 4. The number of alkyl halides is 1. The molecular formula is C11H11BrF3NO2S. The summed E-state index contributed by atoms with van der Waals surface area (Å²) in [6.45, 7) is 0.203. The van der Waals surface area contributed by atoms with E-state index in [0.717, 1.165) is 4.31 Å². The minimum absolute atomic E-state index is 0.203. The Bertz CT molecular complexity index is 571. The van der Waals surface area contributed by atoms with Gasteiger partial charge in [0.1, 0.15) is 17.5 Å². The Balaban J connectivity index is 2.51. The fourth-order valence-corrected chi connectivity index (χ4v) is 4.82. The fourth-order valence-electron chi connectivity index (χ4n) is 2.17. The van der Waals surface area contributed by atoms with E-state index in [4.69, 9.17) is 0 Å². The van der Waals surface area contributed by atoms with Crippen molar-refractivity contribution < 1.29 is 21.6 Å². The van der Waals surface area contributed by atoms with Gasteiger partial charge in [-0.1, -0.05) is 15.9 Å². The maximum Gasteiger partial charge on any atom is 0.249 e. The second-order valence-corrected chi connectivity index (χ2v) is 6.74. The molecular weight excluding hydrogens is 347 g/mol. The SMILES string of the molecule is O=S(=O)(c1c(F)cc(F)cc1F)N1CCCC1CBr. The van der Waals surface area contributed by atoms with Crippen LogP contribution in [0.25, 0.3) is 0 Å². The average Bonchev–Trinajstić information content (AvgIpc) is 2.75. The van der Waals surface area contributed by atoms with Gasteiger partial charge in [-0.05, 0) is 12.8 Å². The molecule has 0 saturated carbocycles. The quantitative estimate of drug-likeness (QED) is 0.780. The molecule has 1 heterocycles. The molecule has 0 radical (unpaired) electrons.